The summed E-state index contributed by atoms with van der Waals surface area (Å²) < 4.78 is 21.7. The van der Waals surface area contributed by atoms with Gasteiger partial charge >= 0.3 is 0 Å². The van der Waals surface area contributed by atoms with Crippen LogP contribution in [0.15, 0.2) is 60.8 Å². The van der Waals surface area contributed by atoms with Crippen LogP contribution in [0.5, 0.6) is 11.5 Å². The summed E-state index contributed by atoms with van der Waals surface area (Å²) in [5.41, 5.74) is 6.76. The summed E-state index contributed by atoms with van der Waals surface area (Å²) in [6.45, 7) is 2.49. The van der Waals surface area contributed by atoms with Gasteiger partial charge in [-0.15, -0.1) is 0 Å². The summed E-state index contributed by atoms with van der Waals surface area (Å²) in [5, 5.41) is 4.35. The maximum Gasteiger partial charge on any atom is 0.136 e. The molecule has 3 aromatic rings. The van der Waals surface area contributed by atoms with E-state index in [1.165, 1.54) is 6.07 Å². The predicted octanol–water partition coefficient (Wildman–Crippen LogP) is 3.83. The average Bonchev–Trinajstić information content (AvgIpc) is 2.96. The van der Waals surface area contributed by atoms with Crippen molar-refractivity contribution in [2.45, 2.75) is 19.5 Å². The zero-order chi connectivity index (χ0) is 16.2. The van der Waals surface area contributed by atoms with E-state index in [9.17, 15) is 4.39 Å². The first-order chi connectivity index (χ1) is 11.1. The summed E-state index contributed by atoms with van der Waals surface area (Å²) in [7, 11) is 0. The number of benzene rings is 2. The van der Waals surface area contributed by atoms with E-state index in [0.717, 1.165) is 0 Å². The van der Waals surface area contributed by atoms with Crippen LogP contribution in [0.25, 0.3) is 11.3 Å². The fourth-order valence-corrected chi connectivity index (χ4v) is 2.29. The minimum Gasteiger partial charge on any atom is -0.457 e. The molecular formula is C18H18FN3O. The number of rotatable bonds is 5. The number of nitrogens with two attached hydrogens (primary N) is 1. The van der Waals surface area contributed by atoms with Gasteiger partial charge in [-0.1, -0.05) is 18.2 Å². The number of hydrogen-bond acceptors (Lipinski definition) is 3. The molecule has 0 bridgehead atoms. The second kappa shape index (κ2) is 6.62. The number of nitrogens with zero attached hydrogens (tertiary/aromatic N) is 2. The van der Waals surface area contributed by atoms with Crippen LogP contribution in [0, 0.1) is 5.82 Å². The fourth-order valence-electron chi connectivity index (χ4n) is 2.29. The minimum absolute atomic E-state index is 0.00533. The van der Waals surface area contributed by atoms with Gasteiger partial charge < -0.3 is 10.5 Å². The maximum absolute atomic E-state index is 14.4. The summed E-state index contributed by atoms with van der Waals surface area (Å²) in [6.07, 6.45) is 1.80. The highest BCUT2D eigenvalue weighted by Crippen LogP contribution is 2.27. The molecule has 1 atom stereocenters. The lowest BCUT2D eigenvalue weighted by molar-refractivity contribution is 0.477. The second-order valence-corrected chi connectivity index (χ2v) is 5.46. The molecule has 0 aliphatic heterocycles. The van der Waals surface area contributed by atoms with Gasteiger partial charge in [0.15, 0.2) is 0 Å². The van der Waals surface area contributed by atoms with E-state index < -0.39 is 0 Å². The maximum atomic E-state index is 14.4. The first-order valence-electron chi connectivity index (χ1n) is 7.43. The normalized spacial score (nSPS) is 12.1. The molecule has 0 amide bonds. The topological polar surface area (TPSA) is 53.1 Å². The van der Waals surface area contributed by atoms with E-state index in [2.05, 4.69) is 5.10 Å². The smallest absolute Gasteiger partial charge is 0.136 e. The summed E-state index contributed by atoms with van der Waals surface area (Å²) in [6, 6.07) is 15.8. The van der Waals surface area contributed by atoms with Crippen LogP contribution < -0.4 is 10.5 Å². The van der Waals surface area contributed by atoms with Gasteiger partial charge in [-0.05, 0) is 37.3 Å². The molecule has 2 aromatic carbocycles. The zero-order valence-electron chi connectivity index (χ0n) is 12.8. The first kappa shape index (κ1) is 15.2. The predicted molar refractivity (Wildman–Crippen MR) is 87.8 cm³/mol. The molecule has 118 valence electrons. The third kappa shape index (κ3) is 3.76. The largest absolute Gasteiger partial charge is 0.457 e. The third-order valence-electron chi connectivity index (χ3n) is 3.31. The van der Waals surface area contributed by atoms with E-state index in [-0.39, 0.29) is 11.9 Å². The van der Waals surface area contributed by atoms with Crippen molar-refractivity contribution in [2.24, 2.45) is 5.73 Å². The second-order valence-electron chi connectivity index (χ2n) is 5.46. The summed E-state index contributed by atoms with van der Waals surface area (Å²) in [4.78, 5) is 0. The molecule has 1 heterocycles. The Labute approximate surface area is 134 Å². The lowest BCUT2D eigenvalue weighted by Gasteiger charge is -2.07. The molecule has 0 unspecified atom stereocenters. The number of para-hydroxylation sites is 1. The Morgan fingerprint density at radius 2 is 1.91 bits per heavy atom. The van der Waals surface area contributed by atoms with Gasteiger partial charge in [-0.2, -0.15) is 5.10 Å². The molecule has 0 radical (unpaired) electrons. The lowest BCUT2D eigenvalue weighted by atomic mass is 10.1. The van der Waals surface area contributed by atoms with Crippen molar-refractivity contribution in [1.29, 1.82) is 0 Å². The first-order valence-corrected chi connectivity index (χ1v) is 7.43. The number of ether oxygens (including phenoxy) is 1. The molecule has 23 heavy (non-hydrogen) atoms. The van der Waals surface area contributed by atoms with E-state index >= 15 is 0 Å². The molecule has 4 nitrogen and oxygen atoms in total. The van der Waals surface area contributed by atoms with Crippen molar-refractivity contribution < 1.29 is 9.13 Å². The van der Waals surface area contributed by atoms with Crippen LogP contribution >= 0.6 is 0 Å². The van der Waals surface area contributed by atoms with Gasteiger partial charge in [0.1, 0.15) is 17.3 Å². The number of aromatic nitrogens is 2. The molecule has 0 aliphatic carbocycles. The van der Waals surface area contributed by atoms with Crippen LogP contribution in [0.4, 0.5) is 4.39 Å². The van der Waals surface area contributed by atoms with Crippen LogP contribution in [0.2, 0.25) is 0 Å². The van der Waals surface area contributed by atoms with E-state index in [1.54, 1.807) is 29.1 Å². The van der Waals surface area contributed by atoms with Gasteiger partial charge in [0, 0.05) is 23.9 Å². The molecule has 2 N–H and O–H groups in total. The zero-order valence-corrected chi connectivity index (χ0v) is 12.8. The molecule has 0 saturated heterocycles. The lowest BCUT2D eigenvalue weighted by Crippen LogP contribution is -2.22. The standard InChI is InChI=1S/C18H18FN3O/c1-13(20)12-22-10-9-18(21-22)16-8-7-15(11-17(16)19)23-14-5-3-2-4-6-14/h2-11,13H,12,20H2,1H3/t13-/m1/s1. The van der Waals surface area contributed by atoms with Crippen molar-refractivity contribution in [3.05, 3.63) is 66.6 Å². The monoisotopic (exact) mass is 311 g/mol. The van der Waals surface area contributed by atoms with Crippen molar-refractivity contribution in [3.8, 4) is 22.8 Å². The third-order valence-corrected chi connectivity index (χ3v) is 3.31. The van der Waals surface area contributed by atoms with Crippen molar-refractivity contribution in [1.82, 2.24) is 9.78 Å². The Hall–Kier alpha value is -2.66. The molecule has 0 spiro atoms. The summed E-state index contributed by atoms with van der Waals surface area (Å²) in [5.74, 6) is 0.748. The quantitative estimate of drug-likeness (QED) is 0.779. The van der Waals surface area contributed by atoms with E-state index in [1.807, 2.05) is 37.3 Å². The molecule has 0 saturated carbocycles. The van der Waals surface area contributed by atoms with Crippen LogP contribution in [-0.4, -0.2) is 15.8 Å². The molecule has 3 rings (SSSR count). The minimum atomic E-state index is -0.371. The molecule has 1 aromatic heterocycles. The van der Waals surface area contributed by atoms with Crippen LogP contribution in [-0.2, 0) is 6.54 Å². The highest BCUT2D eigenvalue weighted by Gasteiger charge is 2.10. The molecular weight excluding hydrogens is 293 g/mol. The SMILES string of the molecule is C[C@@H](N)Cn1ccc(-c2ccc(Oc3ccccc3)cc2F)n1. The van der Waals surface area contributed by atoms with Crippen molar-refractivity contribution >= 4 is 0 Å². The average molecular weight is 311 g/mol. The number of hydrogen-bond donors (Lipinski definition) is 1. The fraction of sp³-hybridized carbons (Fsp3) is 0.167. The molecule has 0 fully saturated rings. The number of halogens is 1. The highest BCUT2D eigenvalue weighted by atomic mass is 19.1. The Balaban J connectivity index is 1.80. The van der Waals surface area contributed by atoms with E-state index in [4.69, 9.17) is 10.5 Å². The van der Waals surface area contributed by atoms with Gasteiger partial charge in [0.05, 0.1) is 12.2 Å². The Bertz CT molecular complexity index is 784. The Morgan fingerprint density at radius 1 is 1.13 bits per heavy atom. The van der Waals surface area contributed by atoms with Gasteiger partial charge in [-0.25, -0.2) is 4.39 Å². The van der Waals surface area contributed by atoms with Gasteiger partial charge in [-0.3, -0.25) is 4.68 Å². The molecule has 5 heteroatoms. The van der Waals surface area contributed by atoms with Crippen LogP contribution in [0.1, 0.15) is 6.92 Å². The highest BCUT2D eigenvalue weighted by molar-refractivity contribution is 5.60. The Kier molecular flexibility index (Phi) is 4.39. The van der Waals surface area contributed by atoms with Gasteiger partial charge in [0.2, 0.25) is 0 Å². The van der Waals surface area contributed by atoms with Crippen LogP contribution in [0.3, 0.4) is 0 Å². The Morgan fingerprint density at radius 3 is 2.61 bits per heavy atom. The van der Waals surface area contributed by atoms with E-state index in [0.29, 0.717) is 29.3 Å². The molecule has 0 aliphatic rings. The van der Waals surface area contributed by atoms with Crippen molar-refractivity contribution in [3.63, 3.8) is 0 Å². The summed E-state index contributed by atoms with van der Waals surface area (Å²) >= 11 is 0. The van der Waals surface area contributed by atoms with Crippen molar-refractivity contribution in [2.75, 3.05) is 0 Å². The van der Waals surface area contributed by atoms with Gasteiger partial charge in [0.25, 0.3) is 0 Å².